The second kappa shape index (κ2) is 5.39. The third kappa shape index (κ3) is 2.77. The van der Waals surface area contributed by atoms with Crippen LogP contribution in [0.15, 0.2) is 30.5 Å². The molecule has 0 radical (unpaired) electrons. The Morgan fingerprint density at radius 2 is 1.61 bits per heavy atom. The van der Waals surface area contributed by atoms with E-state index in [4.69, 9.17) is 14.0 Å². The van der Waals surface area contributed by atoms with Crippen molar-refractivity contribution in [3.8, 4) is 11.4 Å². The first-order chi connectivity index (χ1) is 10.7. The quantitative estimate of drug-likeness (QED) is 0.817. The molecule has 0 unspecified atom stereocenters. The Kier molecular flexibility index (Phi) is 3.77. The number of hydrogen-bond acceptors (Lipinski definition) is 4. The average molecular weight is 314 g/mol. The van der Waals surface area contributed by atoms with Crippen LogP contribution in [-0.2, 0) is 9.31 Å². The molecule has 3 rings (SSSR count). The Balaban J connectivity index is 1.90. The Morgan fingerprint density at radius 3 is 2.13 bits per heavy atom. The molecule has 5 nitrogen and oxygen atoms in total. The fourth-order valence-electron chi connectivity index (χ4n) is 2.54. The van der Waals surface area contributed by atoms with Crippen LogP contribution in [0.3, 0.4) is 0 Å². The van der Waals surface area contributed by atoms with Crippen LogP contribution in [0.4, 0.5) is 0 Å². The summed E-state index contributed by atoms with van der Waals surface area (Å²) in [6.45, 7) is 10.2. The number of methoxy groups -OCH3 is 1. The number of benzene rings is 1. The molecule has 0 saturated carbocycles. The maximum absolute atomic E-state index is 6.12. The van der Waals surface area contributed by atoms with Gasteiger partial charge in [-0.3, -0.25) is 0 Å². The smallest absolute Gasteiger partial charge is 0.497 e. The van der Waals surface area contributed by atoms with Crippen LogP contribution < -0.4 is 10.2 Å². The summed E-state index contributed by atoms with van der Waals surface area (Å²) in [6, 6.07) is 7.78. The van der Waals surface area contributed by atoms with E-state index in [0.717, 1.165) is 22.6 Å². The van der Waals surface area contributed by atoms with Crippen LogP contribution in [0.25, 0.3) is 5.69 Å². The predicted octanol–water partition coefficient (Wildman–Crippen LogP) is 2.49. The van der Waals surface area contributed by atoms with Gasteiger partial charge in [0.2, 0.25) is 0 Å². The summed E-state index contributed by atoms with van der Waals surface area (Å²) in [6.07, 6.45) is 1.97. The van der Waals surface area contributed by atoms with Gasteiger partial charge in [-0.25, -0.2) is 4.68 Å². The Bertz CT molecular complexity index is 691. The van der Waals surface area contributed by atoms with Gasteiger partial charge in [-0.15, -0.1) is 0 Å². The van der Waals surface area contributed by atoms with Crippen LogP contribution in [0.1, 0.15) is 33.4 Å². The zero-order valence-electron chi connectivity index (χ0n) is 14.6. The lowest BCUT2D eigenvalue weighted by molar-refractivity contribution is 0.00578. The van der Waals surface area contributed by atoms with Crippen LogP contribution >= 0.6 is 0 Å². The van der Waals surface area contributed by atoms with Crippen LogP contribution in [0, 0.1) is 6.92 Å². The van der Waals surface area contributed by atoms with E-state index < -0.39 is 7.12 Å². The minimum atomic E-state index is -0.396. The molecule has 2 aromatic rings. The maximum Gasteiger partial charge on any atom is 0.498 e. The number of aryl methyl sites for hydroxylation is 1. The minimum absolute atomic E-state index is 0.355. The highest BCUT2D eigenvalue weighted by Crippen LogP contribution is 2.36. The van der Waals surface area contributed by atoms with E-state index in [9.17, 15) is 0 Å². The summed E-state index contributed by atoms with van der Waals surface area (Å²) < 4.78 is 19.3. The Morgan fingerprint density at radius 1 is 1.04 bits per heavy atom. The first-order valence-electron chi connectivity index (χ1n) is 7.80. The largest absolute Gasteiger partial charge is 0.498 e. The van der Waals surface area contributed by atoms with Crippen molar-refractivity contribution in [2.45, 2.75) is 45.8 Å². The van der Waals surface area contributed by atoms with Crippen molar-refractivity contribution in [1.29, 1.82) is 0 Å². The third-order valence-corrected chi connectivity index (χ3v) is 4.78. The molecule has 0 amide bonds. The topological polar surface area (TPSA) is 45.5 Å². The zero-order valence-corrected chi connectivity index (χ0v) is 14.6. The van der Waals surface area contributed by atoms with E-state index in [1.165, 1.54) is 0 Å². The SMILES string of the molecule is COc1ccc(-n2cc(B3OC(C)(C)C(C)(C)O3)c(C)n2)cc1. The molecule has 2 heterocycles. The van der Waals surface area contributed by atoms with Gasteiger partial charge in [0.1, 0.15) is 5.75 Å². The van der Waals surface area contributed by atoms with Gasteiger partial charge in [0.05, 0.1) is 29.7 Å². The number of hydrogen-bond donors (Lipinski definition) is 0. The molecule has 23 heavy (non-hydrogen) atoms. The van der Waals surface area contributed by atoms with Gasteiger partial charge >= 0.3 is 7.12 Å². The van der Waals surface area contributed by atoms with E-state index in [2.05, 4.69) is 32.8 Å². The van der Waals surface area contributed by atoms with Crippen molar-refractivity contribution in [3.05, 3.63) is 36.2 Å². The molecule has 1 aliphatic rings. The Labute approximate surface area is 137 Å². The summed E-state index contributed by atoms with van der Waals surface area (Å²) >= 11 is 0. The van der Waals surface area contributed by atoms with Crippen LogP contribution in [-0.4, -0.2) is 35.2 Å². The lowest BCUT2D eigenvalue weighted by Gasteiger charge is -2.32. The number of nitrogens with zero attached hydrogens (tertiary/aromatic N) is 2. The standard InChI is InChI=1S/C17H23BN2O3/c1-12-15(18-22-16(2,3)17(4,5)23-18)11-20(19-12)13-7-9-14(21-6)10-8-13/h7-11H,1-6H3. The monoisotopic (exact) mass is 314 g/mol. The normalized spacial score (nSPS) is 19.1. The second-order valence-electron chi connectivity index (χ2n) is 6.90. The Hall–Kier alpha value is -1.79. The molecule has 1 aromatic carbocycles. The molecule has 1 fully saturated rings. The fraction of sp³-hybridized carbons (Fsp3) is 0.471. The van der Waals surface area contributed by atoms with Crippen molar-refractivity contribution >= 4 is 12.6 Å². The molecular formula is C17H23BN2O3. The van der Waals surface area contributed by atoms with Crippen molar-refractivity contribution in [3.63, 3.8) is 0 Å². The minimum Gasteiger partial charge on any atom is -0.497 e. The molecule has 122 valence electrons. The van der Waals surface area contributed by atoms with E-state index >= 15 is 0 Å². The summed E-state index contributed by atoms with van der Waals surface area (Å²) in [5.74, 6) is 0.823. The molecule has 1 aliphatic heterocycles. The molecule has 0 spiro atoms. The van der Waals surface area contributed by atoms with Crippen LogP contribution in [0.5, 0.6) is 5.75 Å². The summed E-state index contributed by atoms with van der Waals surface area (Å²) in [4.78, 5) is 0. The summed E-state index contributed by atoms with van der Waals surface area (Å²) in [5.41, 5.74) is 2.12. The lowest BCUT2D eigenvalue weighted by atomic mass is 9.79. The maximum atomic E-state index is 6.12. The molecule has 0 aliphatic carbocycles. The molecule has 0 bridgehead atoms. The molecule has 1 saturated heterocycles. The first kappa shape index (κ1) is 16.1. The van der Waals surface area contributed by atoms with Crippen molar-refractivity contribution in [1.82, 2.24) is 9.78 Å². The highest BCUT2D eigenvalue weighted by molar-refractivity contribution is 6.62. The lowest BCUT2D eigenvalue weighted by Crippen LogP contribution is -2.41. The van der Waals surface area contributed by atoms with E-state index in [1.54, 1.807) is 7.11 Å². The van der Waals surface area contributed by atoms with Crippen molar-refractivity contribution in [2.24, 2.45) is 0 Å². The number of rotatable bonds is 3. The molecule has 0 atom stereocenters. The fourth-order valence-corrected chi connectivity index (χ4v) is 2.54. The van der Waals surface area contributed by atoms with Gasteiger partial charge in [-0.2, -0.15) is 5.10 Å². The van der Waals surface area contributed by atoms with Crippen LogP contribution in [0.2, 0.25) is 0 Å². The molecule has 1 aromatic heterocycles. The molecule has 0 N–H and O–H groups in total. The van der Waals surface area contributed by atoms with E-state index in [1.807, 2.05) is 42.1 Å². The second-order valence-corrected chi connectivity index (χ2v) is 6.90. The van der Waals surface area contributed by atoms with Gasteiger partial charge in [0.25, 0.3) is 0 Å². The molecule has 6 heteroatoms. The summed E-state index contributed by atoms with van der Waals surface area (Å²) in [5, 5.41) is 4.59. The highest BCUT2D eigenvalue weighted by atomic mass is 16.7. The highest BCUT2D eigenvalue weighted by Gasteiger charge is 2.52. The van der Waals surface area contributed by atoms with Gasteiger partial charge in [0, 0.05) is 11.7 Å². The first-order valence-corrected chi connectivity index (χ1v) is 7.80. The van der Waals surface area contributed by atoms with Crippen molar-refractivity contribution < 1.29 is 14.0 Å². The van der Waals surface area contributed by atoms with E-state index in [0.29, 0.717) is 0 Å². The van der Waals surface area contributed by atoms with Crippen molar-refractivity contribution in [2.75, 3.05) is 7.11 Å². The van der Waals surface area contributed by atoms with Gasteiger partial charge < -0.3 is 14.0 Å². The predicted molar refractivity (Wildman–Crippen MR) is 90.6 cm³/mol. The summed E-state index contributed by atoms with van der Waals surface area (Å²) in [7, 11) is 1.26. The molecular weight excluding hydrogens is 291 g/mol. The van der Waals surface area contributed by atoms with Gasteiger partial charge in [0.15, 0.2) is 0 Å². The third-order valence-electron chi connectivity index (χ3n) is 4.78. The number of aromatic nitrogens is 2. The average Bonchev–Trinajstić information content (AvgIpc) is 2.97. The van der Waals surface area contributed by atoms with Gasteiger partial charge in [-0.05, 0) is 58.9 Å². The van der Waals surface area contributed by atoms with E-state index in [-0.39, 0.29) is 11.2 Å². The number of ether oxygens (including phenoxy) is 1. The zero-order chi connectivity index (χ0) is 16.8. The van der Waals surface area contributed by atoms with Gasteiger partial charge in [-0.1, -0.05) is 0 Å².